The molecule has 1 saturated heterocycles. The number of thioether (sulfide) groups is 1. The number of sulfonamides is 1. The second kappa shape index (κ2) is 12.5. The smallest absolute Gasteiger partial charge is 0.323 e. The Bertz CT molecular complexity index is 1150. The van der Waals surface area contributed by atoms with E-state index in [9.17, 15) is 18.0 Å². The zero-order valence-corrected chi connectivity index (χ0v) is 22.1. The molecule has 0 aliphatic carbocycles. The fourth-order valence-corrected chi connectivity index (χ4v) is 6.80. The summed E-state index contributed by atoms with van der Waals surface area (Å²) in [6.07, 6.45) is 1.95. The summed E-state index contributed by atoms with van der Waals surface area (Å²) in [5.74, 6) is -0.456. The highest BCUT2D eigenvalue weighted by molar-refractivity contribution is 8.02. The van der Waals surface area contributed by atoms with Gasteiger partial charge in [0.25, 0.3) is 0 Å². The second-order valence-corrected chi connectivity index (χ2v) is 11.9. The summed E-state index contributed by atoms with van der Waals surface area (Å²) < 4.78 is 33.2. The van der Waals surface area contributed by atoms with Crippen molar-refractivity contribution in [3.63, 3.8) is 0 Å². The Kier molecular flexibility index (Phi) is 9.72. The Hall–Kier alpha value is -2.66. The monoisotopic (exact) mass is 531 g/mol. The van der Waals surface area contributed by atoms with Crippen LogP contribution in [0.15, 0.2) is 66.1 Å². The first-order valence-corrected chi connectivity index (χ1v) is 14.3. The van der Waals surface area contributed by atoms with E-state index in [4.69, 9.17) is 10.5 Å². The number of ether oxygens (including phenoxy) is 1. The predicted molar refractivity (Wildman–Crippen MR) is 142 cm³/mol. The normalized spacial score (nSPS) is 17.9. The van der Waals surface area contributed by atoms with E-state index < -0.39 is 39.4 Å². The molecule has 3 rings (SSSR count). The lowest BCUT2D eigenvalue weighted by Crippen LogP contribution is -2.46. The minimum Gasteiger partial charge on any atom is -0.464 e. The number of esters is 1. The van der Waals surface area contributed by atoms with Gasteiger partial charge in [-0.25, -0.2) is 8.42 Å². The molecule has 1 aliphatic rings. The highest BCUT2D eigenvalue weighted by Gasteiger charge is 2.40. The molecule has 1 heterocycles. The first kappa shape index (κ1) is 27.9. The van der Waals surface area contributed by atoms with E-state index in [1.54, 1.807) is 18.2 Å². The molecule has 1 aliphatic heterocycles. The summed E-state index contributed by atoms with van der Waals surface area (Å²) in [7, 11) is -3.87. The maximum absolute atomic E-state index is 13.3. The summed E-state index contributed by atoms with van der Waals surface area (Å²) in [4.78, 5) is 25.6. The van der Waals surface area contributed by atoms with Crippen LogP contribution >= 0.6 is 11.8 Å². The average molecular weight is 532 g/mol. The molecule has 0 radical (unpaired) electrons. The van der Waals surface area contributed by atoms with Crippen molar-refractivity contribution in [2.75, 3.05) is 18.9 Å². The molecule has 0 aromatic heterocycles. The number of hydrogen-bond acceptors (Lipinski definition) is 7. The Labute approximate surface area is 217 Å². The molecule has 0 spiro atoms. The maximum atomic E-state index is 13.3. The molecule has 1 fully saturated rings. The van der Waals surface area contributed by atoms with Gasteiger partial charge in [0.15, 0.2) is 0 Å². The minimum atomic E-state index is -3.87. The number of amides is 1. The summed E-state index contributed by atoms with van der Waals surface area (Å²) in [5.41, 5.74) is 7.49. The molecule has 194 valence electrons. The van der Waals surface area contributed by atoms with Gasteiger partial charge in [-0.3, -0.25) is 9.59 Å². The van der Waals surface area contributed by atoms with Gasteiger partial charge in [-0.15, -0.1) is 11.8 Å². The van der Waals surface area contributed by atoms with Crippen molar-refractivity contribution in [3.8, 4) is 0 Å². The van der Waals surface area contributed by atoms with Crippen molar-refractivity contribution in [1.82, 2.24) is 9.62 Å². The predicted octanol–water partition coefficient (Wildman–Crippen LogP) is 3.17. The largest absolute Gasteiger partial charge is 0.464 e. The van der Waals surface area contributed by atoms with Gasteiger partial charge in [0.05, 0.1) is 17.5 Å². The number of hydrogen-bond donors (Lipinski definition) is 2. The van der Waals surface area contributed by atoms with Crippen LogP contribution in [0.3, 0.4) is 0 Å². The third-order valence-electron chi connectivity index (χ3n) is 5.96. The van der Waals surface area contributed by atoms with Crippen LogP contribution in [0.4, 0.5) is 0 Å². The van der Waals surface area contributed by atoms with E-state index in [1.165, 1.54) is 28.2 Å². The zero-order chi connectivity index (χ0) is 26.3. The zero-order valence-electron chi connectivity index (χ0n) is 20.5. The summed E-state index contributed by atoms with van der Waals surface area (Å²) in [5, 5.41) is 2.07. The molecule has 3 atom stereocenters. The lowest BCUT2D eigenvalue weighted by Gasteiger charge is -2.26. The molecule has 10 heteroatoms. The van der Waals surface area contributed by atoms with Crippen molar-refractivity contribution in [2.45, 2.75) is 42.6 Å². The van der Waals surface area contributed by atoms with Crippen LogP contribution < -0.4 is 11.1 Å². The number of nitrogens with zero attached hydrogens (tertiary/aromatic N) is 1. The Morgan fingerprint density at radius 3 is 2.47 bits per heavy atom. The van der Waals surface area contributed by atoms with Gasteiger partial charge in [0.2, 0.25) is 15.9 Å². The number of carbonyl (C=O) groups excluding carboxylic acids is 2. The lowest BCUT2D eigenvalue weighted by atomic mass is 10.0. The van der Waals surface area contributed by atoms with E-state index in [-0.39, 0.29) is 24.0 Å². The lowest BCUT2D eigenvalue weighted by molar-refractivity contribution is -0.146. The van der Waals surface area contributed by atoms with Crippen LogP contribution in [0.5, 0.6) is 0 Å². The quantitative estimate of drug-likeness (QED) is 0.428. The van der Waals surface area contributed by atoms with E-state index in [2.05, 4.69) is 11.9 Å². The van der Waals surface area contributed by atoms with Crippen LogP contribution in [0.1, 0.15) is 37.4 Å². The van der Waals surface area contributed by atoms with E-state index in [1.807, 2.05) is 44.2 Å². The third kappa shape index (κ3) is 6.76. The van der Waals surface area contributed by atoms with Crippen molar-refractivity contribution in [1.29, 1.82) is 0 Å². The molecule has 2 aromatic rings. The summed E-state index contributed by atoms with van der Waals surface area (Å²) in [6, 6.07) is 14.5. The summed E-state index contributed by atoms with van der Waals surface area (Å²) >= 11 is 1.28. The number of rotatable bonds is 11. The molecular formula is C26H33N3O5S2. The number of nitrogens with one attached hydrogen (secondary N) is 1. The van der Waals surface area contributed by atoms with Crippen LogP contribution in [-0.4, -0.2) is 54.9 Å². The second-order valence-electron chi connectivity index (χ2n) is 8.81. The van der Waals surface area contributed by atoms with Crippen molar-refractivity contribution in [2.24, 2.45) is 11.7 Å². The van der Waals surface area contributed by atoms with Crippen molar-refractivity contribution >= 4 is 39.7 Å². The highest BCUT2D eigenvalue weighted by atomic mass is 32.2. The van der Waals surface area contributed by atoms with Gasteiger partial charge in [0.1, 0.15) is 11.4 Å². The third-order valence-corrected chi connectivity index (χ3v) is 9.17. The first-order valence-electron chi connectivity index (χ1n) is 11.8. The summed E-state index contributed by atoms with van der Waals surface area (Å²) in [6.45, 7) is 7.66. The average Bonchev–Trinajstić information content (AvgIpc) is 3.39. The SMILES string of the molecule is C=Cc1ccc(S(=O)(=O)N2CCS[C@H]2C(=O)N[C@@H](CCOC(=O)[C@@H](N)C(C)C)c2ccccc2)cc1. The Morgan fingerprint density at radius 2 is 1.86 bits per heavy atom. The van der Waals surface area contributed by atoms with Gasteiger partial charge in [-0.2, -0.15) is 4.31 Å². The Morgan fingerprint density at radius 1 is 1.19 bits per heavy atom. The fourth-order valence-electron chi connectivity index (χ4n) is 3.71. The molecule has 3 N–H and O–H groups in total. The van der Waals surface area contributed by atoms with Crippen molar-refractivity contribution < 1.29 is 22.7 Å². The molecule has 0 saturated carbocycles. The van der Waals surface area contributed by atoms with Gasteiger partial charge in [-0.05, 0) is 29.2 Å². The molecule has 2 aromatic carbocycles. The number of nitrogens with two attached hydrogens (primary N) is 1. The van der Waals surface area contributed by atoms with E-state index in [0.29, 0.717) is 12.2 Å². The van der Waals surface area contributed by atoms with E-state index in [0.717, 1.165) is 11.1 Å². The minimum absolute atomic E-state index is 0.0533. The fraction of sp³-hybridized carbons (Fsp3) is 0.385. The molecule has 8 nitrogen and oxygen atoms in total. The van der Waals surface area contributed by atoms with Gasteiger partial charge in [0, 0.05) is 18.7 Å². The van der Waals surface area contributed by atoms with Gasteiger partial charge in [-0.1, -0.05) is 69.0 Å². The van der Waals surface area contributed by atoms with Crippen LogP contribution in [0.25, 0.3) is 6.08 Å². The first-order chi connectivity index (χ1) is 17.1. The standard InChI is InChI=1S/C26H33N3O5S2/c1-4-19-10-12-21(13-11-19)36(32,33)29-15-17-35-25(29)24(30)28-22(20-8-6-5-7-9-20)14-16-34-26(31)23(27)18(2)3/h4-13,18,22-23,25H,1,14-17,27H2,2-3H3,(H,28,30)/t22-,23-,25-/m0/s1. The molecule has 1 amide bonds. The van der Waals surface area contributed by atoms with Crippen molar-refractivity contribution in [3.05, 3.63) is 72.3 Å². The topological polar surface area (TPSA) is 119 Å². The molecular weight excluding hydrogens is 498 g/mol. The Balaban J connectivity index is 1.73. The molecule has 0 unspecified atom stereocenters. The van der Waals surface area contributed by atoms with Gasteiger partial charge >= 0.3 is 5.97 Å². The van der Waals surface area contributed by atoms with Crippen LogP contribution in [0.2, 0.25) is 0 Å². The molecule has 36 heavy (non-hydrogen) atoms. The number of benzene rings is 2. The highest BCUT2D eigenvalue weighted by Crippen LogP contribution is 2.31. The van der Waals surface area contributed by atoms with Crippen LogP contribution in [-0.2, 0) is 24.3 Å². The maximum Gasteiger partial charge on any atom is 0.323 e. The van der Waals surface area contributed by atoms with Gasteiger partial charge < -0.3 is 15.8 Å². The molecule has 0 bridgehead atoms. The number of carbonyl (C=O) groups is 2. The van der Waals surface area contributed by atoms with E-state index >= 15 is 0 Å². The van der Waals surface area contributed by atoms with Crippen LogP contribution in [0, 0.1) is 5.92 Å².